The molecule has 2 fully saturated rings. The first kappa shape index (κ1) is 14.8. The van der Waals surface area contributed by atoms with Gasteiger partial charge in [0.1, 0.15) is 6.04 Å². The molecule has 0 aromatic heterocycles. The minimum absolute atomic E-state index is 0.0474. The molecule has 1 saturated heterocycles. The van der Waals surface area contributed by atoms with Gasteiger partial charge in [-0.05, 0) is 12.8 Å². The zero-order chi connectivity index (χ0) is 14.9. The second kappa shape index (κ2) is 5.82. The van der Waals surface area contributed by atoms with Crippen molar-refractivity contribution in [3.05, 3.63) is 0 Å². The van der Waals surface area contributed by atoms with Gasteiger partial charge < -0.3 is 10.4 Å². The van der Waals surface area contributed by atoms with E-state index < -0.39 is 23.2 Å². The van der Waals surface area contributed by atoms with Gasteiger partial charge in [-0.25, -0.2) is 4.79 Å². The van der Waals surface area contributed by atoms with Gasteiger partial charge >= 0.3 is 5.97 Å². The maximum atomic E-state index is 12.1. The number of carbonyl (C=O) groups is 4. The van der Waals surface area contributed by atoms with Crippen LogP contribution in [0.5, 0.6) is 0 Å². The number of hydrogen-bond acceptors (Lipinski definition) is 5. The summed E-state index contributed by atoms with van der Waals surface area (Å²) in [4.78, 5) is 47.0. The number of rotatable bonds is 6. The van der Waals surface area contributed by atoms with Crippen LogP contribution in [-0.2, 0) is 19.2 Å². The number of thioether (sulfide) groups is 1. The minimum Gasteiger partial charge on any atom is -0.480 e. The molecule has 1 aliphatic heterocycles. The molecular formula is C12H16N2O5S. The van der Waals surface area contributed by atoms with E-state index in [1.165, 1.54) is 11.8 Å². The summed E-state index contributed by atoms with van der Waals surface area (Å²) >= 11 is 1.12. The van der Waals surface area contributed by atoms with Gasteiger partial charge in [-0.3, -0.25) is 19.3 Å². The fourth-order valence-electron chi connectivity index (χ4n) is 2.10. The third kappa shape index (κ3) is 3.30. The van der Waals surface area contributed by atoms with Crippen LogP contribution in [-0.4, -0.2) is 56.8 Å². The largest absolute Gasteiger partial charge is 0.480 e. The Balaban J connectivity index is 1.90. The van der Waals surface area contributed by atoms with E-state index in [-0.39, 0.29) is 30.0 Å². The number of imide groups is 1. The predicted octanol–water partition coefficient (Wildman–Crippen LogP) is -0.401. The van der Waals surface area contributed by atoms with Crippen LogP contribution in [0, 0.1) is 0 Å². The molecule has 1 heterocycles. The van der Waals surface area contributed by atoms with Crippen LogP contribution in [0.2, 0.25) is 0 Å². The third-order valence-corrected chi connectivity index (χ3v) is 4.49. The summed E-state index contributed by atoms with van der Waals surface area (Å²) < 4.78 is 0. The lowest BCUT2D eigenvalue weighted by Gasteiger charge is -2.16. The molecular weight excluding hydrogens is 284 g/mol. The van der Waals surface area contributed by atoms with Crippen molar-refractivity contribution in [3.8, 4) is 0 Å². The van der Waals surface area contributed by atoms with E-state index in [2.05, 4.69) is 5.32 Å². The average Bonchev–Trinajstić information content (AvgIpc) is 3.12. The number of likely N-dealkylation sites (tertiary alicyclic amines) is 1. The second-order valence-electron chi connectivity index (χ2n) is 4.95. The zero-order valence-electron chi connectivity index (χ0n) is 11.0. The summed E-state index contributed by atoms with van der Waals surface area (Å²) in [6.07, 6.45) is 1.84. The topological polar surface area (TPSA) is 104 Å². The summed E-state index contributed by atoms with van der Waals surface area (Å²) in [6.45, 7) is 1.24. The van der Waals surface area contributed by atoms with Gasteiger partial charge in [0, 0.05) is 25.1 Å². The van der Waals surface area contributed by atoms with Crippen LogP contribution < -0.4 is 5.32 Å². The molecule has 3 amide bonds. The molecule has 7 nitrogen and oxygen atoms in total. The minimum atomic E-state index is -1.15. The summed E-state index contributed by atoms with van der Waals surface area (Å²) in [5.74, 6) is -1.93. The number of aliphatic carboxylic acids is 1. The molecule has 0 aromatic carbocycles. The van der Waals surface area contributed by atoms with Gasteiger partial charge in [-0.1, -0.05) is 0 Å². The Morgan fingerprint density at radius 1 is 1.45 bits per heavy atom. The molecule has 1 aliphatic carbocycles. The highest BCUT2D eigenvalue weighted by atomic mass is 32.2. The van der Waals surface area contributed by atoms with Crippen LogP contribution in [0.25, 0.3) is 0 Å². The number of carboxylic acids is 1. The van der Waals surface area contributed by atoms with Crippen molar-refractivity contribution in [1.29, 1.82) is 0 Å². The summed E-state index contributed by atoms with van der Waals surface area (Å²) in [6, 6.07) is -0.999. The molecule has 2 atom stereocenters. The van der Waals surface area contributed by atoms with Crippen molar-refractivity contribution < 1.29 is 24.3 Å². The average molecular weight is 300 g/mol. The Kier molecular flexibility index (Phi) is 4.32. The van der Waals surface area contributed by atoms with Crippen LogP contribution in [0.4, 0.5) is 0 Å². The molecule has 2 unspecified atom stereocenters. The van der Waals surface area contributed by atoms with E-state index in [4.69, 9.17) is 5.11 Å². The fourth-order valence-corrected chi connectivity index (χ4v) is 3.27. The van der Waals surface area contributed by atoms with Gasteiger partial charge in [0.05, 0.1) is 5.25 Å². The van der Waals surface area contributed by atoms with Crippen molar-refractivity contribution >= 4 is 35.5 Å². The van der Waals surface area contributed by atoms with E-state index in [1.54, 1.807) is 0 Å². The number of carboxylic acid groups (broad SMARTS) is 1. The number of nitrogens with one attached hydrogen (secondary N) is 1. The molecule has 2 aliphatic rings. The number of nitrogens with zero attached hydrogens (tertiary/aromatic N) is 1. The van der Waals surface area contributed by atoms with Crippen molar-refractivity contribution in [3.63, 3.8) is 0 Å². The Morgan fingerprint density at radius 2 is 2.10 bits per heavy atom. The summed E-state index contributed by atoms with van der Waals surface area (Å²) in [5, 5.41) is 10.8. The van der Waals surface area contributed by atoms with Crippen molar-refractivity contribution in [2.45, 2.75) is 43.5 Å². The molecule has 0 spiro atoms. The highest BCUT2D eigenvalue weighted by Crippen LogP contribution is 2.35. The first-order valence-electron chi connectivity index (χ1n) is 6.37. The smallest absolute Gasteiger partial charge is 0.327 e. The lowest BCUT2D eigenvalue weighted by molar-refractivity contribution is -0.141. The quantitative estimate of drug-likeness (QED) is 0.647. The molecule has 20 heavy (non-hydrogen) atoms. The normalized spacial score (nSPS) is 23.9. The standard InChI is InChI=1S/C12H16N2O5S/c1-6(15)13-8(12(18)19)5-20-9-4-10(16)14(11(9)17)7-2-3-7/h7-9H,2-5H2,1H3,(H,13,15)(H,18,19). The van der Waals surface area contributed by atoms with E-state index in [9.17, 15) is 19.2 Å². The lowest BCUT2D eigenvalue weighted by atomic mass is 10.3. The Hall–Kier alpha value is -1.57. The molecule has 110 valence electrons. The third-order valence-electron chi connectivity index (χ3n) is 3.19. The molecule has 0 radical (unpaired) electrons. The summed E-state index contributed by atoms with van der Waals surface area (Å²) in [5.41, 5.74) is 0. The van der Waals surface area contributed by atoms with E-state index in [0.29, 0.717) is 0 Å². The van der Waals surface area contributed by atoms with Crippen LogP contribution >= 0.6 is 11.8 Å². The first-order chi connectivity index (χ1) is 9.40. The Bertz CT molecular complexity index is 463. The van der Waals surface area contributed by atoms with E-state index >= 15 is 0 Å². The van der Waals surface area contributed by atoms with Gasteiger partial charge in [0.15, 0.2) is 0 Å². The molecule has 0 aromatic rings. The highest BCUT2D eigenvalue weighted by molar-refractivity contribution is 8.00. The molecule has 2 rings (SSSR count). The molecule has 8 heteroatoms. The van der Waals surface area contributed by atoms with E-state index in [1.807, 2.05) is 0 Å². The zero-order valence-corrected chi connectivity index (χ0v) is 11.8. The SMILES string of the molecule is CC(=O)NC(CSC1CC(=O)N(C2CC2)C1=O)C(=O)O. The van der Waals surface area contributed by atoms with Gasteiger partial charge in [-0.2, -0.15) is 0 Å². The fraction of sp³-hybridized carbons (Fsp3) is 0.667. The maximum absolute atomic E-state index is 12.1. The Labute approximate surface area is 120 Å². The summed E-state index contributed by atoms with van der Waals surface area (Å²) in [7, 11) is 0. The number of carbonyl (C=O) groups excluding carboxylic acids is 3. The molecule has 2 N–H and O–H groups in total. The highest BCUT2D eigenvalue weighted by Gasteiger charge is 2.46. The molecule has 0 bridgehead atoms. The van der Waals surface area contributed by atoms with Crippen molar-refractivity contribution in [2.75, 3.05) is 5.75 Å². The number of amides is 3. The van der Waals surface area contributed by atoms with Crippen LogP contribution in [0.1, 0.15) is 26.2 Å². The monoisotopic (exact) mass is 300 g/mol. The van der Waals surface area contributed by atoms with Crippen molar-refractivity contribution in [1.82, 2.24) is 10.2 Å². The lowest BCUT2D eigenvalue weighted by Crippen LogP contribution is -2.42. The van der Waals surface area contributed by atoms with Gasteiger partial charge in [-0.15, -0.1) is 11.8 Å². The van der Waals surface area contributed by atoms with Crippen molar-refractivity contribution in [2.24, 2.45) is 0 Å². The van der Waals surface area contributed by atoms with Gasteiger partial charge in [0.25, 0.3) is 0 Å². The first-order valence-corrected chi connectivity index (χ1v) is 7.42. The second-order valence-corrected chi connectivity index (χ2v) is 6.19. The van der Waals surface area contributed by atoms with Crippen LogP contribution in [0.15, 0.2) is 0 Å². The number of hydrogen-bond donors (Lipinski definition) is 2. The van der Waals surface area contributed by atoms with Crippen LogP contribution in [0.3, 0.4) is 0 Å². The Morgan fingerprint density at radius 3 is 2.60 bits per heavy atom. The van der Waals surface area contributed by atoms with E-state index in [0.717, 1.165) is 24.6 Å². The predicted molar refractivity (Wildman–Crippen MR) is 71.0 cm³/mol. The maximum Gasteiger partial charge on any atom is 0.327 e. The van der Waals surface area contributed by atoms with Gasteiger partial charge in [0.2, 0.25) is 17.7 Å². The molecule has 1 saturated carbocycles.